The molecule has 20 heavy (non-hydrogen) atoms. The van der Waals surface area contributed by atoms with Gasteiger partial charge in [0.25, 0.3) is 5.91 Å². The molecule has 1 amide bonds. The molecule has 0 saturated carbocycles. The molecule has 104 valence electrons. The number of carbonyl (C=O) groups is 1. The van der Waals surface area contributed by atoms with E-state index in [1.165, 1.54) is 12.1 Å². The second kappa shape index (κ2) is 6.30. The molecule has 2 rings (SSSR count). The number of carbonyl (C=O) groups excluding carboxylic acids is 1. The van der Waals surface area contributed by atoms with E-state index in [-0.39, 0.29) is 12.2 Å². The Morgan fingerprint density at radius 2 is 1.95 bits per heavy atom. The van der Waals surface area contributed by atoms with E-state index < -0.39 is 17.8 Å². The molecule has 2 N–H and O–H groups in total. The highest BCUT2D eigenvalue weighted by Gasteiger charge is 2.17. The van der Waals surface area contributed by atoms with Gasteiger partial charge in [-0.1, -0.05) is 42.0 Å². The Morgan fingerprint density at radius 3 is 2.60 bits per heavy atom. The summed E-state index contributed by atoms with van der Waals surface area (Å²) in [5.41, 5.74) is 1.56. The fourth-order valence-corrected chi connectivity index (χ4v) is 1.97. The van der Waals surface area contributed by atoms with E-state index in [0.29, 0.717) is 0 Å². The Labute approximate surface area is 117 Å². The summed E-state index contributed by atoms with van der Waals surface area (Å²) in [4.78, 5) is 12.1. The van der Waals surface area contributed by atoms with E-state index in [1.54, 1.807) is 25.1 Å². The molecule has 0 radical (unpaired) electrons. The number of aryl methyl sites for hydroxylation is 1. The van der Waals surface area contributed by atoms with Crippen LogP contribution in [0.25, 0.3) is 0 Å². The van der Waals surface area contributed by atoms with Crippen LogP contribution in [0.1, 0.15) is 27.5 Å². The second-order valence-electron chi connectivity index (χ2n) is 4.60. The third-order valence-electron chi connectivity index (χ3n) is 3.06. The van der Waals surface area contributed by atoms with Gasteiger partial charge in [0.1, 0.15) is 5.82 Å². The Kier molecular flexibility index (Phi) is 4.48. The number of benzene rings is 2. The summed E-state index contributed by atoms with van der Waals surface area (Å²) in [6.07, 6.45) is 0. The SMILES string of the molecule is Cc1ccc(F)c(C(=O)N[C@H](CO)c2ccccc2)c1. The average Bonchev–Trinajstić information content (AvgIpc) is 2.48. The van der Waals surface area contributed by atoms with Crippen LogP contribution in [0.4, 0.5) is 4.39 Å². The largest absolute Gasteiger partial charge is 0.394 e. The van der Waals surface area contributed by atoms with Crippen molar-refractivity contribution in [2.24, 2.45) is 0 Å². The first-order valence-electron chi connectivity index (χ1n) is 6.34. The van der Waals surface area contributed by atoms with Gasteiger partial charge in [-0.2, -0.15) is 0 Å². The van der Waals surface area contributed by atoms with Crippen LogP contribution in [0, 0.1) is 12.7 Å². The molecule has 0 spiro atoms. The zero-order valence-corrected chi connectivity index (χ0v) is 11.1. The normalized spacial score (nSPS) is 11.9. The van der Waals surface area contributed by atoms with Crippen molar-refractivity contribution >= 4 is 5.91 Å². The van der Waals surface area contributed by atoms with Crippen molar-refractivity contribution in [3.63, 3.8) is 0 Å². The minimum atomic E-state index is -0.571. The monoisotopic (exact) mass is 273 g/mol. The number of aliphatic hydroxyl groups excluding tert-OH is 1. The molecule has 4 heteroatoms. The number of aliphatic hydroxyl groups is 1. The van der Waals surface area contributed by atoms with E-state index >= 15 is 0 Å². The molecule has 0 fully saturated rings. The fraction of sp³-hybridized carbons (Fsp3) is 0.188. The van der Waals surface area contributed by atoms with Gasteiger partial charge in [0.15, 0.2) is 0 Å². The van der Waals surface area contributed by atoms with Crippen molar-refractivity contribution in [3.05, 3.63) is 71.0 Å². The number of hydrogen-bond donors (Lipinski definition) is 2. The third-order valence-corrected chi connectivity index (χ3v) is 3.06. The van der Waals surface area contributed by atoms with Gasteiger partial charge >= 0.3 is 0 Å². The first-order valence-corrected chi connectivity index (χ1v) is 6.34. The molecule has 0 aromatic heterocycles. The maximum Gasteiger partial charge on any atom is 0.254 e. The van der Waals surface area contributed by atoms with E-state index in [9.17, 15) is 14.3 Å². The maximum absolute atomic E-state index is 13.7. The molecule has 1 atom stereocenters. The lowest BCUT2D eigenvalue weighted by Crippen LogP contribution is -2.31. The summed E-state index contributed by atoms with van der Waals surface area (Å²) < 4.78 is 13.7. The Morgan fingerprint density at radius 1 is 1.25 bits per heavy atom. The second-order valence-corrected chi connectivity index (χ2v) is 4.60. The van der Waals surface area contributed by atoms with Gasteiger partial charge in [-0.25, -0.2) is 4.39 Å². The van der Waals surface area contributed by atoms with Crippen LogP contribution in [0.5, 0.6) is 0 Å². The van der Waals surface area contributed by atoms with Gasteiger partial charge in [0.05, 0.1) is 18.2 Å². The summed E-state index contributed by atoms with van der Waals surface area (Å²) in [5.74, 6) is -1.10. The van der Waals surface area contributed by atoms with Crippen LogP contribution < -0.4 is 5.32 Å². The van der Waals surface area contributed by atoms with E-state index in [4.69, 9.17) is 0 Å². The van der Waals surface area contributed by atoms with Crippen molar-refractivity contribution in [1.29, 1.82) is 0 Å². The van der Waals surface area contributed by atoms with Crippen molar-refractivity contribution in [3.8, 4) is 0 Å². The van der Waals surface area contributed by atoms with Crippen LogP contribution in [0.2, 0.25) is 0 Å². The van der Waals surface area contributed by atoms with E-state index in [1.807, 2.05) is 18.2 Å². The molecule has 0 aliphatic heterocycles. The minimum Gasteiger partial charge on any atom is -0.394 e. The van der Waals surface area contributed by atoms with E-state index in [2.05, 4.69) is 5.32 Å². The molecular formula is C16H16FNO2. The summed E-state index contributed by atoms with van der Waals surface area (Å²) in [7, 11) is 0. The lowest BCUT2D eigenvalue weighted by Gasteiger charge is -2.17. The van der Waals surface area contributed by atoms with Crippen molar-refractivity contribution < 1.29 is 14.3 Å². The molecule has 3 nitrogen and oxygen atoms in total. The van der Waals surface area contributed by atoms with Gasteiger partial charge in [0, 0.05) is 0 Å². The number of hydrogen-bond acceptors (Lipinski definition) is 2. The van der Waals surface area contributed by atoms with Crippen molar-refractivity contribution in [2.75, 3.05) is 6.61 Å². The van der Waals surface area contributed by atoms with Gasteiger partial charge in [-0.15, -0.1) is 0 Å². The van der Waals surface area contributed by atoms with Gasteiger partial charge in [-0.05, 0) is 24.6 Å². The van der Waals surface area contributed by atoms with Crippen LogP contribution in [0.3, 0.4) is 0 Å². The summed E-state index contributed by atoms with van der Waals surface area (Å²) >= 11 is 0. The standard InChI is InChI=1S/C16H16FNO2/c1-11-7-8-14(17)13(9-11)16(20)18-15(10-19)12-5-3-2-4-6-12/h2-9,15,19H,10H2,1H3,(H,18,20)/t15-/m1/s1. The predicted octanol–water partition coefficient (Wildman–Crippen LogP) is 2.60. The summed E-state index contributed by atoms with van der Waals surface area (Å²) in [6.45, 7) is 1.54. The zero-order chi connectivity index (χ0) is 14.5. The zero-order valence-electron chi connectivity index (χ0n) is 11.1. The third kappa shape index (κ3) is 3.22. The Bertz CT molecular complexity index is 599. The Hall–Kier alpha value is -2.20. The first kappa shape index (κ1) is 14.2. The average molecular weight is 273 g/mol. The Balaban J connectivity index is 2.20. The lowest BCUT2D eigenvalue weighted by molar-refractivity contribution is 0.0912. The highest BCUT2D eigenvalue weighted by molar-refractivity contribution is 5.94. The highest BCUT2D eigenvalue weighted by Crippen LogP contribution is 2.15. The van der Waals surface area contributed by atoms with Gasteiger partial charge < -0.3 is 10.4 Å². The first-order chi connectivity index (χ1) is 9.61. The van der Waals surface area contributed by atoms with Crippen LogP contribution >= 0.6 is 0 Å². The number of nitrogens with one attached hydrogen (secondary N) is 1. The molecule has 0 unspecified atom stereocenters. The predicted molar refractivity (Wildman–Crippen MR) is 74.9 cm³/mol. The van der Waals surface area contributed by atoms with Crippen LogP contribution in [-0.2, 0) is 0 Å². The summed E-state index contributed by atoms with van der Waals surface area (Å²) in [6, 6.07) is 12.9. The molecule has 0 aliphatic rings. The van der Waals surface area contributed by atoms with Gasteiger partial charge in [-0.3, -0.25) is 4.79 Å². The number of amides is 1. The molecule has 2 aromatic rings. The van der Waals surface area contributed by atoms with E-state index in [0.717, 1.165) is 11.1 Å². The van der Waals surface area contributed by atoms with Gasteiger partial charge in [0.2, 0.25) is 0 Å². The molecule has 0 aliphatic carbocycles. The molecule has 2 aromatic carbocycles. The molecule has 0 saturated heterocycles. The van der Waals surface area contributed by atoms with Crippen molar-refractivity contribution in [2.45, 2.75) is 13.0 Å². The topological polar surface area (TPSA) is 49.3 Å². The fourth-order valence-electron chi connectivity index (χ4n) is 1.97. The van der Waals surface area contributed by atoms with Crippen molar-refractivity contribution in [1.82, 2.24) is 5.32 Å². The van der Waals surface area contributed by atoms with Crippen LogP contribution in [-0.4, -0.2) is 17.6 Å². The summed E-state index contributed by atoms with van der Waals surface area (Å²) in [5, 5.41) is 12.0. The molecule has 0 bridgehead atoms. The molecular weight excluding hydrogens is 257 g/mol. The highest BCUT2D eigenvalue weighted by atomic mass is 19.1. The molecule has 0 heterocycles. The quantitative estimate of drug-likeness (QED) is 0.899. The number of rotatable bonds is 4. The lowest BCUT2D eigenvalue weighted by atomic mass is 10.1. The number of halogens is 1. The minimum absolute atomic E-state index is 0.0145. The smallest absolute Gasteiger partial charge is 0.254 e. The maximum atomic E-state index is 13.7. The van der Waals surface area contributed by atoms with Crippen LogP contribution in [0.15, 0.2) is 48.5 Å².